The number of nitrogens with zero attached hydrogens (tertiary/aromatic N) is 2. The molecule has 6 nitrogen and oxygen atoms in total. The van der Waals surface area contributed by atoms with Gasteiger partial charge in [-0.25, -0.2) is 0 Å². The van der Waals surface area contributed by atoms with Gasteiger partial charge in [-0.05, 0) is 48.9 Å². The largest absolute Gasteiger partial charge is 0.497 e. The third-order valence-corrected chi connectivity index (χ3v) is 7.80. The number of hydrogen-bond acceptors (Lipinski definition) is 5. The fourth-order valence-electron chi connectivity index (χ4n) is 4.75. The first-order valence-electron chi connectivity index (χ1n) is 11.1. The Morgan fingerprint density at radius 3 is 2.50 bits per heavy atom. The van der Waals surface area contributed by atoms with Crippen molar-refractivity contribution in [2.75, 3.05) is 31.4 Å². The molecule has 1 spiro atoms. The first kappa shape index (κ1) is 22.3. The zero-order chi connectivity index (χ0) is 23.9. The second kappa shape index (κ2) is 8.72. The van der Waals surface area contributed by atoms with E-state index < -0.39 is 4.87 Å². The predicted molar refractivity (Wildman–Crippen MR) is 134 cm³/mol. The van der Waals surface area contributed by atoms with Crippen LogP contribution in [0.3, 0.4) is 0 Å². The van der Waals surface area contributed by atoms with Crippen molar-refractivity contribution < 1.29 is 19.1 Å². The van der Waals surface area contributed by atoms with E-state index in [0.717, 1.165) is 28.1 Å². The maximum absolute atomic E-state index is 14.2. The Morgan fingerprint density at radius 1 is 1.00 bits per heavy atom. The van der Waals surface area contributed by atoms with Gasteiger partial charge in [0.05, 0.1) is 26.5 Å². The number of aryl methyl sites for hydroxylation is 1. The Bertz CT molecular complexity index is 1280. The molecule has 0 N–H and O–H groups in total. The van der Waals surface area contributed by atoms with Crippen LogP contribution in [0.15, 0.2) is 66.7 Å². The summed E-state index contributed by atoms with van der Waals surface area (Å²) < 4.78 is 10.7. The van der Waals surface area contributed by atoms with Gasteiger partial charge in [0, 0.05) is 23.4 Å². The molecule has 1 saturated heterocycles. The Morgan fingerprint density at radius 2 is 1.74 bits per heavy atom. The summed E-state index contributed by atoms with van der Waals surface area (Å²) in [5.74, 6) is 1.78. The number of anilines is 1. The van der Waals surface area contributed by atoms with E-state index in [4.69, 9.17) is 9.47 Å². The van der Waals surface area contributed by atoms with Crippen LogP contribution in [0.5, 0.6) is 11.5 Å². The van der Waals surface area contributed by atoms with Gasteiger partial charge in [-0.3, -0.25) is 9.59 Å². The maximum Gasteiger partial charge on any atom is 0.268 e. The van der Waals surface area contributed by atoms with Crippen molar-refractivity contribution in [3.8, 4) is 11.5 Å². The second-order valence-electron chi connectivity index (χ2n) is 8.44. The Hall–Kier alpha value is -3.45. The molecule has 0 aromatic heterocycles. The van der Waals surface area contributed by atoms with Crippen LogP contribution in [0.25, 0.3) is 0 Å². The van der Waals surface area contributed by atoms with Gasteiger partial charge in [-0.1, -0.05) is 35.9 Å². The average Bonchev–Trinajstić information content (AvgIpc) is 3.40. The van der Waals surface area contributed by atoms with Gasteiger partial charge in [-0.15, -0.1) is 11.8 Å². The van der Waals surface area contributed by atoms with Gasteiger partial charge in [0.15, 0.2) is 4.87 Å². The number of rotatable bonds is 5. The monoisotopic (exact) mass is 474 g/mol. The number of thioether (sulfide) groups is 1. The first-order chi connectivity index (χ1) is 16.5. The number of amides is 2. The van der Waals surface area contributed by atoms with Crippen LogP contribution in [-0.2, 0) is 16.2 Å². The summed E-state index contributed by atoms with van der Waals surface area (Å²) in [5, 5.41) is 0. The van der Waals surface area contributed by atoms with Crippen LogP contribution in [0, 0.1) is 6.92 Å². The molecule has 2 aliphatic rings. The van der Waals surface area contributed by atoms with Gasteiger partial charge >= 0.3 is 0 Å². The van der Waals surface area contributed by atoms with E-state index >= 15 is 0 Å². The standard InChI is InChI=1S/C27H26N2O4S/c1-18-10-11-24-23(14-18)27(26(31)28(24)17-19-6-4-8-21(15-19)32-2)29(12-13-34-27)25(30)20-7-5-9-22(16-20)33-3/h4-11,14-16H,12-13,17H2,1-3H3. The van der Waals surface area contributed by atoms with Crippen LogP contribution in [-0.4, -0.2) is 43.2 Å². The molecule has 2 heterocycles. The Labute approximate surface area is 203 Å². The lowest BCUT2D eigenvalue weighted by Crippen LogP contribution is -2.50. The zero-order valence-corrected chi connectivity index (χ0v) is 20.2. The van der Waals surface area contributed by atoms with E-state index in [2.05, 4.69) is 0 Å². The predicted octanol–water partition coefficient (Wildman–Crippen LogP) is 4.60. The molecular formula is C27H26N2O4S. The Balaban J connectivity index is 1.58. The van der Waals surface area contributed by atoms with E-state index in [-0.39, 0.29) is 11.8 Å². The lowest BCUT2D eigenvalue weighted by Gasteiger charge is -2.33. The molecule has 0 bridgehead atoms. The minimum absolute atomic E-state index is 0.0883. The van der Waals surface area contributed by atoms with Gasteiger partial charge in [0.1, 0.15) is 11.5 Å². The molecule has 1 unspecified atom stereocenters. The quantitative estimate of drug-likeness (QED) is 0.541. The minimum Gasteiger partial charge on any atom is -0.497 e. The van der Waals surface area contributed by atoms with Crippen molar-refractivity contribution in [3.63, 3.8) is 0 Å². The normalized spacial score (nSPS) is 19.0. The topological polar surface area (TPSA) is 59.1 Å². The highest BCUT2D eigenvalue weighted by Gasteiger charge is 2.59. The molecule has 174 valence electrons. The van der Waals surface area contributed by atoms with Crippen molar-refractivity contribution >= 4 is 29.3 Å². The first-order valence-corrected chi connectivity index (χ1v) is 12.1. The number of hydrogen-bond donors (Lipinski definition) is 0. The summed E-state index contributed by atoms with van der Waals surface area (Å²) in [5.41, 5.74) is 4.24. The van der Waals surface area contributed by atoms with E-state index in [9.17, 15) is 9.59 Å². The summed E-state index contributed by atoms with van der Waals surface area (Å²) in [6.07, 6.45) is 0. The van der Waals surface area contributed by atoms with Crippen molar-refractivity contribution in [2.45, 2.75) is 18.3 Å². The lowest BCUT2D eigenvalue weighted by atomic mass is 10.0. The van der Waals surface area contributed by atoms with Gasteiger partial charge in [0.2, 0.25) is 0 Å². The molecule has 3 aromatic rings. The molecule has 2 amide bonds. The molecule has 1 fully saturated rings. The molecule has 0 aliphatic carbocycles. The minimum atomic E-state index is -1.08. The van der Waals surface area contributed by atoms with Crippen molar-refractivity contribution in [1.29, 1.82) is 0 Å². The third kappa shape index (κ3) is 3.51. The van der Waals surface area contributed by atoms with Crippen molar-refractivity contribution in [3.05, 3.63) is 89.0 Å². The molecule has 1 atom stereocenters. The number of ether oxygens (including phenoxy) is 2. The van der Waals surface area contributed by atoms with E-state index in [1.807, 2.05) is 49.4 Å². The van der Waals surface area contributed by atoms with Gasteiger partial charge in [0.25, 0.3) is 11.8 Å². The van der Waals surface area contributed by atoms with Gasteiger partial charge in [-0.2, -0.15) is 0 Å². The average molecular weight is 475 g/mol. The Kier molecular flexibility index (Phi) is 5.73. The van der Waals surface area contributed by atoms with Crippen LogP contribution in [0.2, 0.25) is 0 Å². The highest BCUT2D eigenvalue weighted by Crippen LogP contribution is 2.55. The molecule has 0 saturated carbocycles. The van der Waals surface area contributed by atoms with Crippen molar-refractivity contribution in [1.82, 2.24) is 4.90 Å². The SMILES string of the molecule is COc1cccc(CN2C(=O)C3(SCCN3C(=O)c3cccc(OC)c3)c3cc(C)ccc32)c1. The summed E-state index contributed by atoms with van der Waals surface area (Å²) in [6, 6.07) is 20.9. The number of methoxy groups -OCH3 is 2. The summed E-state index contributed by atoms with van der Waals surface area (Å²) >= 11 is 1.53. The summed E-state index contributed by atoms with van der Waals surface area (Å²) in [4.78, 5) is 30.4. The summed E-state index contributed by atoms with van der Waals surface area (Å²) in [7, 11) is 3.21. The number of carbonyl (C=O) groups excluding carboxylic acids is 2. The molecule has 7 heteroatoms. The van der Waals surface area contributed by atoms with Crippen molar-refractivity contribution in [2.24, 2.45) is 0 Å². The van der Waals surface area contributed by atoms with Crippen LogP contribution >= 0.6 is 11.8 Å². The number of carbonyl (C=O) groups is 2. The number of benzene rings is 3. The fraction of sp³-hybridized carbons (Fsp3) is 0.259. The number of fused-ring (bicyclic) bond motifs is 2. The highest BCUT2D eigenvalue weighted by molar-refractivity contribution is 8.01. The fourth-order valence-corrected chi connectivity index (χ4v) is 6.20. The molecule has 2 aliphatic heterocycles. The summed E-state index contributed by atoms with van der Waals surface area (Å²) in [6.45, 7) is 2.90. The van der Waals surface area contributed by atoms with E-state index in [1.165, 1.54) is 11.8 Å². The second-order valence-corrected chi connectivity index (χ2v) is 9.73. The smallest absolute Gasteiger partial charge is 0.268 e. The van der Waals surface area contributed by atoms with Gasteiger partial charge < -0.3 is 19.3 Å². The van der Waals surface area contributed by atoms with E-state index in [1.54, 1.807) is 48.3 Å². The molecular weight excluding hydrogens is 448 g/mol. The molecule has 0 radical (unpaired) electrons. The molecule has 5 rings (SSSR count). The lowest BCUT2D eigenvalue weighted by molar-refractivity contribution is -0.123. The third-order valence-electron chi connectivity index (χ3n) is 6.39. The van der Waals surface area contributed by atoms with Crippen LogP contribution in [0.1, 0.15) is 27.0 Å². The van der Waals surface area contributed by atoms with Crippen LogP contribution < -0.4 is 14.4 Å². The van der Waals surface area contributed by atoms with E-state index in [0.29, 0.717) is 30.2 Å². The maximum atomic E-state index is 14.2. The van der Waals surface area contributed by atoms with Crippen LogP contribution in [0.4, 0.5) is 5.69 Å². The zero-order valence-electron chi connectivity index (χ0n) is 19.4. The molecule has 3 aromatic carbocycles. The molecule has 34 heavy (non-hydrogen) atoms. The highest BCUT2D eigenvalue weighted by atomic mass is 32.2.